The molecule has 2 heterocycles. The number of rotatable bonds is 5. The lowest BCUT2D eigenvalue weighted by Gasteiger charge is -2.16. The van der Waals surface area contributed by atoms with Gasteiger partial charge in [0.15, 0.2) is 0 Å². The first-order valence-corrected chi connectivity index (χ1v) is 8.14. The number of aliphatic hydroxyl groups excluding tert-OH is 1. The predicted octanol–water partition coefficient (Wildman–Crippen LogP) is -0.0521. The van der Waals surface area contributed by atoms with Crippen LogP contribution in [0.3, 0.4) is 0 Å². The van der Waals surface area contributed by atoms with E-state index in [-0.39, 0.29) is 30.2 Å². The molecule has 1 fully saturated rings. The molecular formula is C12H21N3O4S. The Hall–Kier alpha value is -0.960. The summed E-state index contributed by atoms with van der Waals surface area (Å²) < 4.78 is 34.6. The zero-order chi connectivity index (χ0) is 14.9. The summed E-state index contributed by atoms with van der Waals surface area (Å²) in [6.07, 6.45) is 0.543. The van der Waals surface area contributed by atoms with Gasteiger partial charge in [-0.05, 0) is 27.2 Å². The van der Waals surface area contributed by atoms with Gasteiger partial charge < -0.3 is 9.84 Å². The SMILES string of the molecule is Cc1nn(CCO)c(C)c1S(=O)(=O)NC1CCOC1C. The van der Waals surface area contributed by atoms with Crippen molar-refractivity contribution in [3.05, 3.63) is 11.4 Å². The molecule has 0 bridgehead atoms. The lowest BCUT2D eigenvalue weighted by Crippen LogP contribution is -2.39. The molecule has 7 nitrogen and oxygen atoms in total. The van der Waals surface area contributed by atoms with Crippen LogP contribution in [0.25, 0.3) is 0 Å². The molecule has 2 N–H and O–H groups in total. The van der Waals surface area contributed by atoms with Crippen molar-refractivity contribution in [1.29, 1.82) is 0 Å². The highest BCUT2D eigenvalue weighted by Gasteiger charge is 2.32. The monoisotopic (exact) mass is 303 g/mol. The van der Waals surface area contributed by atoms with Crippen LogP contribution in [-0.2, 0) is 21.3 Å². The van der Waals surface area contributed by atoms with Gasteiger partial charge in [-0.2, -0.15) is 5.10 Å². The van der Waals surface area contributed by atoms with Gasteiger partial charge in [-0.25, -0.2) is 13.1 Å². The third kappa shape index (κ3) is 2.88. The number of aryl methyl sites for hydroxylation is 1. The minimum absolute atomic E-state index is 0.0810. The number of hydrogen-bond donors (Lipinski definition) is 2. The van der Waals surface area contributed by atoms with Crippen LogP contribution in [0, 0.1) is 13.8 Å². The quantitative estimate of drug-likeness (QED) is 0.795. The van der Waals surface area contributed by atoms with Crippen molar-refractivity contribution in [2.75, 3.05) is 13.2 Å². The van der Waals surface area contributed by atoms with Crippen LogP contribution in [0.5, 0.6) is 0 Å². The third-order valence-corrected chi connectivity index (χ3v) is 5.32. The van der Waals surface area contributed by atoms with Crippen molar-refractivity contribution < 1.29 is 18.3 Å². The molecule has 0 amide bonds. The number of ether oxygens (including phenoxy) is 1. The lowest BCUT2D eigenvalue weighted by molar-refractivity contribution is 0.117. The lowest BCUT2D eigenvalue weighted by atomic mass is 10.2. The van der Waals surface area contributed by atoms with Gasteiger partial charge >= 0.3 is 0 Å². The van der Waals surface area contributed by atoms with Crippen LogP contribution in [-0.4, -0.2) is 48.7 Å². The van der Waals surface area contributed by atoms with Crippen LogP contribution in [0.1, 0.15) is 24.7 Å². The maximum absolute atomic E-state index is 12.5. The summed E-state index contributed by atoms with van der Waals surface area (Å²) in [5.74, 6) is 0. The molecule has 1 aliphatic rings. The molecule has 8 heteroatoms. The average Bonchev–Trinajstić information content (AvgIpc) is 2.85. The first kappa shape index (κ1) is 15.4. The highest BCUT2D eigenvalue weighted by molar-refractivity contribution is 7.89. The number of hydrogen-bond acceptors (Lipinski definition) is 5. The summed E-state index contributed by atoms with van der Waals surface area (Å²) in [7, 11) is -3.63. The fourth-order valence-corrected chi connectivity index (χ4v) is 4.28. The minimum atomic E-state index is -3.63. The summed E-state index contributed by atoms with van der Waals surface area (Å²) in [4.78, 5) is 0.199. The Morgan fingerprint density at radius 3 is 2.75 bits per heavy atom. The topological polar surface area (TPSA) is 93.5 Å². The molecule has 2 unspecified atom stereocenters. The van der Waals surface area contributed by atoms with E-state index in [9.17, 15) is 8.42 Å². The molecule has 20 heavy (non-hydrogen) atoms. The van der Waals surface area contributed by atoms with Crippen LogP contribution >= 0.6 is 0 Å². The number of nitrogens with zero attached hydrogens (tertiary/aromatic N) is 2. The number of aromatic nitrogens is 2. The standard InChI is InChI=1S/C12H21N3O4S/c1-8-12(9(2)15(13-8)5-6-16)20(17,18)14-11-4-7-19-10(11)3/h10-11,14,16H,4-7H2,1-3H3. The fourth-order valence-electron chi connectivity index (χ4n) is 2.53. The Balaban J connectivity index is 2.29. The molecule has 1 aromatic heterocycles. The Kier molecular flexibility index (Phi) is 4.48. The zero-order valence-electron chi connectivity index (χ0n) is 12.0. The van der Waals surface area contributed by atoms with Gasteiger partial charge in [0.25, 0.3) is 0 Å². The van der Waals surface area contributed by atoms with Gasteiger partial charge in [0.05, 0.1) is 36.7 Å². The van der Waals surface area contributed by atoms with E-state index in [1.54, 1.807) is 13.8 Å². The van der Waals surface area contributed by atoms with Gasteiger partial charge in [-0.1, -0.05) is 0 Å². The zero-order valence-corrected chi connectivity index (χ0v) is 12.8. The smallest absolute Gasteiger partial charge is 0.244 e. The summed E-state index contributed by atoms with van der Waals surface area (Å²) in [5.41, 5.74) is 0.977. The van der Waals surface area contributed by atoms with Crippen molar-refractivity contribution in [2.45, 2.75) is 50.8 Å². The first-order chi connectivity index (χ1) is 9.36. The molecule has 114 valence electrons. The number of nitrogens with one attached hydrogen (secondary N) is 1. The summed E-state index contributed by atoms with van der Waals surface area (Å²) in [6.45, 7) is 5.97. The van der Waals surface area contributed by atoms with Gasteiger partial charge in [0.2, 0.25) is 10.0 Å². The third-order valence-electron chi connectivity index (χ3n) is 3.58. The number of aliphatic hydroxyl groups is 1. The summed E-state index contributed by atoms with van der Waals surface area (Å²) in [6, 6.07) is -0.208. The largest absolute Gasteiger partial charge is 0.394 e. The molecule has 0 aliphatic carbocycles. The van der Waals surface area contributed by atoms with Gasteiger partial charge in [-0.3, -0.25) is 4.68 Å². The second-order valence-corrected chi connectivity index (χ2v) is 6.69. The van der Waals surface area contributed by atoms with Crippen LogP contribution in [0.15, 0.2) is 4.90 Å². The molecule has 0 saturated carbocycles. The van der Waals surface area contributed by atoms with Crippen molar-refractivity contribution >= 4 is 10.0 Å². The predicted molar refractivity (Wildman–Crippen MR) is 72.9 cm³/mol. The Bertz CT molecular complexity index is 582. The second-order valence-electron chi connectivity index (χ2n) is 5.04. The molecule has 0 radical (unpaired) electrons. The fraction of sp³-hybridized carbons (Fsp3) is 0.750. The maximum atomic E-state index is 12.5. The van der Waals surface area contributed by atoms with E-state index in [2.05, 4.69) is 9.82 Å². The maximum Gasteiger partial charge on any atom is 0.244 e. The van der Waals surface area contributed by atoms with E-state index in [1.165, 1.54) is 4.68 Å². The van der Waals surface area contributed by atoms with Crippen LogP contribution < -0.4 is 4.72 Å². The Labute approximate surface area is 119 Å². The average molecular weight is 303 g/mol. The minimum Gasteiger partial charge on any atom is -0.394 e. The molecule has 2 rings (SSSR count). The summed E-state index contributed by atoms with van der Waals surface area (Å²) in [5, 5.41) is 13.1. The van der Waals surface area contributed by atoms with E-state index >= 15 is 0 Å². The highest BCUT2D eigenvalue weighted by Crippen LogP contribution is 2.22. The van der Waals surface area contributed by atoms with Crippen molar-refractivity contribution in [3.8, 4) is 0 Å². The van der Waals surface area contributed by atoms with Crippen molar-refractivity contribution in [1.82, 2.24) is 14.5 Å². The Morgan fingerprint density at radius 1 is 1.50 bits per heavy atom. The van der Waals surface area contributed by atoms with E-state index in [4.69, 9.17) is 9.84 Å². The van der Waals surface area contributed by atoms with Crippen molar-refractivity contribution in [3.63, 3.8) is 0 Å². The molecule has 1 aliphatic heterocycles. The van der Waals surface area contributed by atoms with E-state index < -0.39 is 10.0 Å². The van der Waals surface area contributed by atoms with Gasteiger partial charge in [0.1, 0.15) is 4.90 Å². The van der Waals surface area contributed by atoms with Gasteiger partial charge in [0, 0.05) is 6.61 Å². The second kappa shape index (κ2) is 5.80. The molecule has 0 spiro atoms. The molecule has 1 aromatic rings. The molecule has 1 saturated heterocycles. The van der Waals surface area contributed by atoms with Crippen LogP contribution in [0.4, 0.5) is 0 Å². The number of sulfonamides is 1. The van der Waals surface area contributed by atoms with E-state index in [0.29, 0.717) is 24.4 Å². The van der Waals surface area contributed by atoms with Crippen LogP contribution in [0.2, 0.25) is 0 Å². The normalized spacial score (nSPS) is 23.4. The highest BCUT2D eigenvalue weighted by atomic mass is 32.2. The van der Waals surface area contributed by atoms with E-state index in [0.717, 1.165) is 0 Å². The first-order valence-electron chi connectivity index (χ1n) is 6.65. The molecule has 2 atom stereocenters. The molecular weight excluding hydrogens is 282 g/mol. The van der Waals surface area contributed by atoms with Gasteiger partial charge in [-0.15, -0.1) is 0 Å². The summed E-state index contributed by atoms with van der Waals surface area (Å²) >= 11 is 0. The Morgan fingerprint density at radius 2 is 2.20 bits per heavy atom. The van der Waals surface area contributed by atoms with Crippen molar-refractivity contribution in [2.24, 2.45) is 0 Å². The van der Waals surface area contributed by atoms with E-state index in [1.807, 2.05) is 6.92 Å². The molecule has 0 aromatic carbocycles.